The molecule has 1 saturated heterocycles. The van der Waals surface area contributed by atoms with Crippen LogP contribution < -0.4 is 4.90 Å². The molecule has 0 amide bonds. The third-order valence-corrected chi connectivity index (χ3v) is 2.80. The largest absolute Gasteiger partial charge is 0.389 e. The van der Waals surface area contributed by atoms with Gasteiger partial charge in [-0.25, -0.2) is 4.39 Å². The molecule has 1 aromatic rings. The highest BCUT2D eigenvalue weighted by molar-refractivity contribution is 5.56. The van der Waals surface area contributed by atoms with E-state index >= 15 is 0 Å². The fourth-order valence-electron chi connectivity index (χ4n) is 1.99. The Morgan fingerprint density at radius 2 is 2.06 bits per heavy atom. The number of halogens is 1. The van der Waals surface area contributed by atoms with Crippen LogP contribution in [0.5, 0.6) is 0 Å². The molecule has 4 heteroatoms. The zero-order valence-corrected chi connectivity index (χ0v) is 9.32. The van der Waals surface area contributed by atoms with Crippen LogP contribution in [0.4, 0.5) is 10.1 Å². The summed E-state index contributed by atoms with van der Waals surface area (Å²) in [5.74, 6) is -0.277. The van der Waals surface area contributed by atoms with Crippen LogP contribution in [-0.4, -0.2) is 31.4 Å². The lowest BCUT2D eigenvalue weighted by molar-refractivity contribution is 0.122. The number of hydrogen-bond acceptors (Lipinski definition) is 3. The molecule has 1 aliphatic rings. The number of hydrogen-bond donors (Lipinski definition) is 1. The Labute approximate surface area is 94.4 Å². The van der Waals surface area contributed by atoms with Crippen molar-refractivity contribution in [2.24, 2.45) is 0 Å². The fourth-order valence-corrected chi connectivity index (χ4v) is 1.99. The van der Waals surface area contributed by atoms with Crippen molar-refractivity contribution in [3.8, 4) is 0 Å². The van der Waals surface area contributed by atoms with Crippen LogP contribution in [0.3, 0.4) is 0 Å². The quantitative estimate of drug-likeness (QED) is 0.831. The number of aliphatic hydroxyl groups excluding tert-OH is 1. The lowest BCUT2D eigenvalue weighted by Crippen LogP contribution is -2.37. The summed E-state index contributed by atoms with van der Waals surface area (Å²) in [6.07, 6.45) is -0.659. The molecule has 1 unspecified atom stereocenters. The van der Waals surface area contributed by atoms with Crippen molar-refractivity contribution >= 4 is 5.69 Å². The summed E-state index contributed by atoms with van der Waals surface area (Å²) in [5, 5.41) is 9.64. The molecule has 0 aromatic heterocycles. The van der Waals surface area contributed by atoms with E-state index in [0.29, 0.717) is 37.6 Å². The average molecular weight is 225 g/mol. The van der Waals surface area contributed by atoms with Crippen LogP contribution in [0.15, 0.2) is 18.2 Å². The van der Waals surface area contributed by atoms with Gasteiger partial charge in [-0.15, -0.1) is 0 Å². The highest BCUT2D eigenvalue weighted by Gasteiger charge is 2.20. The zero-order chi connectivity index (χ0) is 11.5. The molecule has 0 aliphatic carbocycles. The molecule has 2 rings (SSSR count). The zero-order valence-electron chi connectivity index (χ0n) is 9.32. The first-order chi connectivity index (χ1) is 7.70. The first-order valence-corrected chi connectivity index (χ1v) is 5.49. The smallest absolute Gasteiger partial charge is 0.146 e. The number of ether oxygens (including phenoxy) is 1. The van der Waals surface area contributed by atoms with Gasteiger partial charge in [0.05, 0.1) is 25.0 Å². The number of para-hydroxylation sites is 1. The lowest BCUT2D eigenvalue weighted by Gasteiger charge is -2.31. The maximum absolute atomic E-state index is 13.8. The van der Waals surface area contributed by atoms with E-state index < -0.39 is 6.10 Å². The lowest BCUT2D eigenvalue weighted by atomic mass is 10.1. The van der Waals surface area contributed by atoms with Gasteiger partial charge in [0, 0.05) is 18.7 Å². The first kappa shape index (κ1) is 11.4. The van der Waals surface area contributed by atoms with E-state index in [1.807, 2.05) is 4.90 Å². The maximum atomic E-state index is 13.8. The summed E-state index contributed by atoms with van der Waals surface area (Å²) in [7, 11) is 0. The monoisotopic (exact) mass is 225 g/mol. The van der Waals surface area contributed by atoms with Crippen molar-refractivity contribution in [3.63, 3.8) is 0 Å². The maximum Gasteiger partial charge on any atom is 0.146 e. The van der Waals surface area contributed by atoms with Gasteiger partial charge in [0.1, 0.15) is 5.82 Å². The Morgan fingerprint density at radius 3 is 2.69 bits per heavy atom. The predicted octanol–water partition coefficient (Wildman–Crippen LogP) is 1.72. The van der Waals surface area contributed by atoms with E-state index in [1.165, 1.54) is 6.07 Å². The Balaban J connectivity index is 2.36. The van der Waals surface area contributed by atoms with Crippen LogP contribution in [-0.2, 0) is 4.74 Å². The molecule has 88 valence electrons. The summed E-state index contributed by atoms with van der Waals surface area (Å²) >= 11 is 0. The predicted molar refractivity (Wildman–Crippen MR) is 60.1 cm³/mol. The molecular weight excluding hydrogens is 209 g/mol. The van der Waals surface area contributed by atoms with Gasteiger partial charge in [0.25, 0.3) is 0 Å². The van der Waals surface area contributed by atoms with Gasteiger partial charge in [-0.2, -0.15) is 0 Å². The van der Waals surface area contributed by atoms with Crippen molar-refractivity contribution in [2.75, 3.05) is 31.2 Å². The first-order valence-electron chi connectivity index (χ1n) is 5.49. The van der Waals surface area contributed by atoms with Crippen molar-refractivity contribution in [2.45, 2.75) is 13.0 Å². The number of morpholine rings is 1. The standard InChI is InChI=1S/C12H16FNO2/c1-9(15)10-3-2-4-11(13)12(10)14-5-7-16-8-6-14/h2-4,9,15H,5-8H2,1H3. The molecule has 0 bridgehead atoms. The molecule has 1 aromatic carbocycles. The molecule has 1 fully saturated rings. The molecule has 1 aliphatic heterocycles. The van der Waals surface area contributed by atoms with Gasteiger partial charge in [-0.1, -0.05) is 12.1 Å². The van der Waals surface area contributed by atoms with Gasteiger partial charge in [-0.05, 0) is 13.0 Å². The molecule has 0 saturated carbocycles. The van der Waals surface area contributed by atoms with Gasteiger partial charge >= 0.3 is 0 Å². The Kier molecular flexibility index (Phi) is 3.41. The van der Waals surface area contributed by atoms with Crippen molar-refractivity contribution in [1.29, 1.82) is 0 Å². The number of aliphatic hydroxyl groups is 1. The summed E-state index contributed by atoms with van der Waals surface area (Å²) in [5.41, 5.74) is 1.16. The second kappa shape index (κ2) is 4.80. The van der Waals surface area contributed by atoms with E-state index in [2.05, 4.69) is 0 Å². The minimum absolute atomic E-state index is 0.277. The van der Waals surface area contributed by atoms with Crippen LogP contribution in [0, 0.1) is 5.82 Å². The van der Waals surface area contributed by atoms with Gasteiger partial charge in [0.15, 0.2) is 0 Å². The SMILES string of the molecule is CC(O)c1cccc(F)c1N1CCOCC1. The second-order valence-electron chi connectivity index (χ2n) is 3.95. The topological polar surface area (TPSA) is 32.7 Å². The molecule has 0 spiro atoms. The van der Waals surface area contributed by atoms with Gasteiger partial charge in [-0.3, -0.25) is 0 Å². The number of benzene rings is 1. The number of anilines is 1. The second-order valence-corrected chi connectivity index (χ2v) is 3.95. The molecule has 3 nitrogen and oxygen atoms in total. The molecule has 1 atom stereocenters. The van der Waals surface area contributed by atoms with Crippen LogP contribution >= 0.6 is 0 Å². The van der Waals surface area contributed by atoms with Gasteiger partial charge in [0.2, 0.25) is 0 Å². The summed E-state index contributed by atoms with van der Waals surface area (Å²) in [6.45, 7) is 4.20. The number of nitrogens with zero attached hydrogens (tertiary/aromatic N) is 1. The Hall–Kier alpha value is -1.13. The molecule has 16 heavy (non-hydrogen) atoms. The third-order valence-electron chi connectivity index (χ3n) is 2.80. The van der Waals surface area contributed by atoms with Crippen LogP contribution in [0.1, 0.15) is 18.6 Å². The van der Waals surface area contributed by atoms with E-state index in [9.17, 15) is 9.50 Å². The van der Waals surface area contributed by atoms with Gasteiger partial charge < -0.3 is 14.7 Å². The Morgan fingerprint density at radius 1 is 1.38 bits per heavy atom. The molecule has 0 radical (unpaired) electrons. The van der Waals surface area contributed by atoms with E-state index in [1.54, 1.807) is 19.1 Å². The number of rotatable bonds is 2. The van der Waals surface area contributed by atoms with Crippen molar-refractivity contribution < 1.29 is 14.2 Å². The minimum atomic E-state index is -0.659. The highest BCUT2D eigenvalue weighted by atomic mass is 19.1. The van der Waals surface area contributed by atoms with Crippen LogP contribution in [0.25, 0.3) is 0 Å². The van der Waals surface area contributed by atoms with E-state index in [0.717, 1.165) is 0 Å². The third kappa shape index (κ3) is 2.18. The van der Waals surface area contributed by atoms with E-state index in [4.69, 9.17) is 4.74 Å². The summed E-state index contributed by atoms with van der Waals surface area (Å²) < 4.78 is 19.0. The summed E-state index contributed by atoms with van der Waals surface area (Å²) in [4.78, 5) is 1.93. The Bertz CT molecular complexity index is 362. The molecule has 1 heterocycles. The van der Waals surface area contributed by atoms with Crippen molar-refractivity contribution in [3.05, 3.63) is 29.6 Å². The molecule has 1 N–H and O–H groups in total. The average Bonchev–Trinajstić information content (AvgIpc) is 2.29. The molecular formula is C12H16FNO2. The van der Waals surface area contributed by atoms with Crippen molar-refractivity contribution in [1.82, 2.24) is 0 Å². The minimum Gasteiger partial charge on any atom is -0.389 e. The van der Waals surface area contributed by atoms with Crippen LogP contribution in [0.2, 0.25) is 0 Å². The van der Waals surface area contributed by atoms with E-state index in [-0.39, 0.29) is 5.82 Å². The summed E-state index contributed by atoms with van der Waals surface area (Å²) in [6, 6.07) is 4.82. The fraction of sp³-hybridized carbons (Fsp3) is 0.500. The highest BCUT2D eigenvalue weighted by Crippen LogP contribution is 2.29. The normalized spacial score (nSPS) is 18.6.